The Morgan fingerprint density at radius 1 is 1.30 bits per heavy atom. The number of benzene rings is 1. The number of hydrogen-bond donors (Lipinski definition) is 0. The number of nitriles is 1. The van der Waals surface area contributed by atoms with Gasteiger partial charge in [-0.25, -0.2) is 0 Å². The van der Waals surface area contributed by atoms with Crippen LogP contribution in [0.5, 0.6) is 0 Å². The molecule has 108 valence electrons. The van der Waals surface area contributed by atoms with Crippen molar-refractivity contribution in [3.63, 3.8) is 0 Å². The lowest BCUT2D eigenvalue weighted by atomic mass is 10.1. The molecule has 0 unspecified atom stereocenters. The molecule has 0 saturated carbocycles. The summed E-state index contributed by atoms with van der Waals surface area (Å²) in [4.78, 5) is 14.1. The second-order valence-electron chi connectivity index (χ2n) is 4.77. The number of amides is 1. The summed E-state index contributed by atoms with van der Waals surface area (Å²) in [7, 11) is 0. The van der Waals surface area contributed by atoms with E-state index in [0.29, 0.717) is 24.4 Å². The fourth-order valence-electron chi connectivity index (χ4n) is 2.00. The Morgan fingerprint density at radius 3 is 2.55 bits per heavy atom. The first-order valence-corrected chi connectivity index (χ1v) is 7.57. The Hall–Kier alpha value is -1.53. The summed E-state index contributed by atoms with van der Waals surface area (Å²) < 4.78 is 0. The molecule has 0 radical (unpaired) electrons. The van der Waals surface area contributed by atoms with E-state index in [-0.39, 0.29) is 5.91 Å². The first-order chi connectivity index (χ1) is 9.71. The Balaban J connectivity index is 2.60. The van der Waals surface area contributed by atoms with E-state index in [2.05, 4.69) is 13.0 Å². The second-order valence-corrected chi connectivity index (χ2v) is 5.15. The van der Waals surface area contributed by atoms with Crippen LogP contribution in [0.1, 0.15) is 43.7 Å². The maximum atomic E-state index is 12.2. The number of nitrogens with zero attached hydrogens (tertiary/aromatic N) is 2. The average molecular weight is 293 g/mol. The van der Waals surface area contributed by atoms with Crippen LogP contribution < -0.4 is 0 Å². The van der Waals surface area contributed by atoms with Gasteiger partial charge < -0.3 is 4.90 Å². The van der Waals surface area contributed by atoms with Gasteiger partial charge in [-0.2, -0.15) is 5.26 Å². The molecule has 1 amide bonds. The Bertz CT molecular complexity index is 451. The third kappa shape index (κ3) is 5.63. The van der Waals surface area contributed by atoms with Crippen molar-refractivity contribution in [1.82, 2.24) is 4.90 Å². The van der Waals surface area contributed by atoms with Crippen LogP contribution in [0.15, 0.2) is 24.3 Å². The molecule has 0 atom stereocenters. The van der Waals surface area contributed by atoms with Gasteiger partial charge in [-0.1, -0.05) is 19.1 Å². The first-order valence-electron chi connectivity index (χ1n) is 7.04. The minimum Gasteiger partial charge on any atom is -0.338 e. The highest BCUT2D eigenvalue weighted by Crippen LogP contribution is 2.10. The van der Waals surface area contributed by atoms with E-state index < -0.39 is 0 Å². The van der Waals surface area contributed by atoms with Gasteiger partial charge in [-0.05, 0) is 37.0 Å². The van der Waals surface area contributed by atoms with E-state index in [9.17, 15) is 4.79 Å². The first kappa shape index (κ1) is 16.5. The molecular weight excluding hydrogens is 272 g/mol. The lowest BCUT2D eigenvalue weighted by molar-refractivity contribution is -0.132. The zero-order valence-corrected chi connectivity index (χ0v) is 12.7. The fourth-order valence-corrected chi connectivity index (χ4v) is 2.18. The molecule has 1 aromatic carbocycles. The molecule has 0 N–H and O–H groups in total. The van der Waals surface area contributed by atoms with Crippen LogP contribution in [0.25, 0.3) is 0 Å². The third-order valence-corrected chi connectivity index (χ3v) is 3.34. The molecule has 0 aliphatic heterocycles. The maximum Gasteiger partial charge on any atom is 0.222 e. The molecule has 20 heavy (non-hydrogen) atoms. The molecule has 0 spiro atoms. The van der Waals surface area contributed by atoms with E-state index in [1.165, 1.54) is 0 Å². The smallest absolute Gasteiger partial charge is 0.222 e. The number of rotatable bonds is 8. The standard InChI is InChI=1S/C16H21ClN2O/c1-2-11-19(16(20)5-3-4-10-17)13-15-8-6-14(12-18)7-9-15/h6-9H,2-5,10-11,13H2,1H3. The average Bonchev–Trinajstić information content (AvgIpc) is 2.47. The number of carbonyl (C=O) groups is 1. The zero-order chi connectivity index (χ0) is 14.8. The minimum atomic E-state index is 0.182. The maximum absolute atomic E-state index is 12.2. The summed E-state index contributed by atoms with van der Waals surface area (Å²) in [6, 6.07) is 9.49. The fraction of sp³-hybridized carbons (Fsp3) is 0.500. The van der Waals surface area contributed by atoms with Crippen LogP contribution in [-0.4, -0.2) is 23.2 Å². The van der Waals surface area contributed by atoms with Crippen LogP contribution in [0.4, 0.5) is 0 Å². The van der Waals surface area contributed by atoms with Crippen molar-refractivity contribution in [2.75, 3.05) is 12.4 Å². The predicted octanol–water partition coefficient (Wildman–Crippen LogP) is 3.71. The summed E-state index contributed by atoms with van der Waals surface area (Å²) in [5.74, 6) is 0.790. The zero-order valence-electron chi connectivity index (χ0n) is 11.9. The van der Waals surface area contributed by atoms with Gasteiger partial charge in [-0.3, -0.25) is 4.79 Å². The van der Waals surface area contributed by atoms with Gasteiger partial charge in [0, 0.05) is 25.4 Å². The van der Waals surface area contributed by atoms with Gasteiger partial charge in [0.05, 0.1) is 11.6 Å². The topological polar surface area (TPSA) is 44.1 Å². The van der Waals surface area contributed by atoms with Crippen LogP contribution in [0.2, 0.25) is 0 Å². The normalized spacial score (nSPS) is 10.1. The highest BCUT2D eigenvalue weighted by Gasteiger charge is 2.12. The van der Waals surface area contributed by atoms with Crippen LogP contribution in [0.3, 0.4) is 0 Å². The Morgan fingerprint density at radius 2 is 2.00 bits per heavy atom. The quantitative estimate of drug-likeness (QED) is 0.541. The summed E-state index contributed by atoms with van der Waals surface area (Å²) in [6.45, 7) is 3.44. The molecular formula is C16H21ClN2O. The van der Waals surface area contributed by atoms with Crippen molar-refractivity contribution in [2.45, 2.75) is 39.2 Å². The van der Waals surface area contributed by atoms with Crippen molar-refractivity contribution < 1.29 is 4.79 Å². The number of carbonyl (C=O) groups excluding carboxylic acids is 1. The monoisotopic (exact) mass is 292 g/mol. The second kappa shape index (κ2) is 9.39. The molecule has 0 saturated heterocycles. The van der Waals surface area contributed by atoms with E-state index in [4.69, 9.17) is 16.9 Å². The molecule has 3 nitrogen and oxygen atoms in total. The molecule has 0 aliphatic rings. The van der Waals surface area contributed by atoms with E-state index >= 15 is 0 Å². The molecule has 0 aromatic heterocycles. The molecule has 0 aliphatic carbocycles. The van der Waals surface area contributed by atoms with Crippen LogP contribution in [0, 0.1) is 11.3 Å². The molecule has 1 aromatic rings. The number of halogens is 1. The van der Waals surface area contributed by atoms with Gasteiger partial charge in [-0.15, -0.1) is 11.6 Å². The lowest BCUT2D eigenvalue weighted by Gasteiger charge is -2.22. The van der Waals surface area contributed by atoms with Crippen molar-refractivity contribution in [2.24, 2.45) is 0 Å². The van der Waals surface area contributed by atoms with Crippen molar-refractivity contribution >= 4 is 17.5 Å². The molecule has 0 fully saturated rings. The largest absolute Gasteiger partial charge is 0.338 e. The highest BCUT2D eigenvalue weighted by molar-refractivity contribution is 6.17. The summed E-state index contributed by atoms with van der Waals surface area (Å²) >= 11 is 5.63. The lowest BCUT2D eigenvalue weighted by Crippen LogP contribution is -2.31. The van der Waals surface area contributed by atoms with Crippen LogP contribution >= 0.6 is 11.6 Å². The molecule has 0 heterocycles. The highest BCUT2D eigenvalue weighted by atomic mass is 35.5. The predicted molar refractivity (Wildman–Crippen MR) is 81.4 cm³/mol. The van der Waals surface area contributed by atoms with Gasteiger partial charge in [0.1, 0.15) is 0 Å². The Labute approximate surface area is 126 Å². The summed E-state index contributed by atoms with van der Waals surface area (Å²) in [6.07, 6.45) is 3.22. The summed E-state index contributed by atoms with van der Waals surface area (Å²) in [5, 5.41) is 8.78. The van der Waals surface area contributed by atoms with Gasteiger partial charge in [0.2, 0.25) is 5.91 Å². The van der Waals surface area contributed by atoms with Crippen molar-refractivity contribution in [1.29, 1.82) is 5.26 Å². The van der Waals surface area contributed by atoms with Gasteiger partial charge in [0.25, 0.3) is 0 Å². The van der Waals surface area contributed by atoms with Gasteiger partial charge >= 0.3 is 0 Å². The molecule has 0 bridgehead atoms. The molecule has 1 rings (SSSR count). The van der Waals surface area contributed by atoms with E-state index in [0.717, 1.165) is 31.4 Å². The number of alkyl halides is 1. The Kier molecular flexibility index (Phi) is 7.75. The van der Waals surface area contributed by atoms with E-state index in [1.54, 1.807) is 12.1 Å². The SMILES string of the molecule is CCCN(Cc1ccc(C#N)cc1)C(=O)CCCCCl. The number of unbranched alkanes of at least 4 members (excludes halogenated alkanes) is 1. The van der Waals surface area contributed by atoms with Crippen molar-refractivity contribution in [3.05, 3.63) is 35.4 Å². The minimum absolute atomic E-state index is 0.182. The number of hydrogen-bond acceptors (Lipinski definition) is 2. The van der Waals surface area contributed by atoms with Crippen molar-refractivity contribution in [3.8, 4) is 6.07 Å². The summed E-state index contributed by atoms with van der Waals surface area (Å²) in [5.41, 5.74) is 1.70. The van der Waals surface area contributed by atoms with Crippen LogP contribution in [-0.2, 0) is 11.3 Å². The molecule has 4 heteroatoms. The third-order valence-electron chi connectivity index (χ3n) is 3.08. The van der Waals surface area contributed by atoms with E-state index in [1.807, 2.05) is 17.0 Å². The van der Waals surface area contributed by atoms with Gasteiger partial charge in [0.15, 0.2) is 0 Å².